The summed E-state index contributed by atoms with van der Waals surface area (Å²) in [5.41, 5.74) is 0. The fraction of sp³-hybridized carbons (Fsp3) is 0.625. The van der Waals surface area contributed by atoms with E-state index in [4.69, 9.17) is 4.74 Å². The maximum atomic E-state index is 10.5. The topological polar surface area (TPSA) is 26.3 Å². The van der Waals surface area contributed by atoms with Crippen LogP contribution in [-0.2, 0) is 9.53 Å². The SMILES string of the molecule is C[CH]CCC1OC(=O)[C]1C. The van der Waals surface area contributed by atoms with Gasteiger partial charge in [-0.25, -0.2) is 0 Å². The maximum Gasteiger partial charge on any atom is 0.317 e. The second kappa shape index (κ2) is 3.04. The van der Waals surface area contributed by atoms with Crippen LogP contribution < -0.4 is 0 Å². The van der Waals surface area contributed by atoms with Gasteiger partial charge in [-0.3, -0.25) is 4.79 Å². The summed E-state index contributed by atoms with van der Waals surface area (Å²) in [5, 5.41) is 0. The first kappa shape index (κ1) is 7.58. The van der Waals surface area contributed by atoms with Gasteiger partial charge in [0.15, 0.2) is 0 Å². The molecule has 2 heteroatoms. The molecule has 10 heavy (non-hydrogen) atoms. The third kappa shape index (κ3) is 1.31. The van der Waals surface area contributed by atoms with Crippen LogP contribution in [0.3, 0.4) is 0 Å². The Labute approximate surface area is 61.6 Å². The molecule has 1 saturated heterocycles. The summed E-state index contributed by atoms with van der Waals surface area (Å²) < 4.78 is 4.86. The van der Waals surface area contributed by atoms with Crippen LogP contribution in [0.15, 0.2) is 0 Å². The molecule has 1 aliphatic heterocycles. The molecule has 2 radical (unpaired) electrons. The third-order valence-corrected chi connectivity index (χ3v) is 1.77. The summed E-state index contributed by atoms with van der Waals surface area (Å²) in [5.74, 6) is 0.753. The summed E-state index contributed by atoms with van der Waals surface area (Å²) in [7, 11) is 0. The Morgan fingerprint density at radius 2 is 2.40 bits per heavy atom. The molecule has 0 aromatic heterocycles. The van der Waals surface area contributed by atoms with E-state index < -0.39 is 0 Å². The Kier molecular flexibility index (Phi) is 2.30. The molecule has 2 nitrogen and oxygen atoms in total. The molecule has 1 unspecified atom stereocenters. The highest BCUT2D eigenvalue weighted by Crippen LogP contribution is 2.27. The molecule has 0 aromatic rings. The van der Waals surface area contributed by atoms with E-state index in [1.54, 1.807) is 0 Å². The molecule has 1 fully saturated rings. The van der Waals surface area contributed by atoms with Crippen molar-refractivity contribution >= 4 is 5.97 Å². The van der Waals surface area contributed by atoms with Gasteiger partial charge in [-0.2, -0.15) is 0 Å². The zero-order valence-corrected chi connectivity index (χ0v) is 6.39. The molecule has 56 valence electrons. The van der Waals surface area contributed by atoms with Crippen LogP contribution in [0.2, 0.25) is 0 Å². The zero-order valence-electron chi connectivity index (χ0n) is 6.39. The smallest absolute Gasteiger partial charge is 0.317 e. The van der Waals surface area contributed by atoms with Gasteiger partial charge in [0, 0.05) is 0 Å². The normalized spacial score (nSPS) is 25.8. The second-order valence-corrected chi connectivity index (χ2v) is 2.56. The van der Waals surface area contributed by atoms with Crippen molar-refractivity contribution < 1.29 is 9.53 Å². The first-order valence-corrected chi connectivity index (χ1v) is 3.58. The van der Waals surface area contributed by atoms with E-state index in [2.05, 4.69) is 6.42 Å². The van der Waals surface area contributed by atoms with Crippen LogP contribution in [0, 0.1) is 12.3 Å². The van der Waals surface area contributed by atoms with Crippen LogP contribution in [0.1, 0.15) is 26.7 Å². The highest BCUT2D eigenvalue weighted by atomic mass is 16.6. The van der Waals surface area contributed by atoms with E-state index >= 15 is 0 Å². The first-order chi connectivity index (χ1) is 4.75. The lowest BCUT2D eigenvalue weighted by molar-refractivity contribution is -0.162. The molecule has 0 spiro atoms. The molecule has 1 aliphatic rings. The van der Waals surface area contributed by atoms with Crippen molar-refractivity contribution in [2.24, 2.45) is 0 Å². The minimum absolute atomic E-state index is 0.115. The Morgan fingerprint density at radius 1 is 1.70 bits per heavy atom. The molecule has 0 aromatic carbocycles. The molecular weight excluding hydrogens is 128 g/mol. The van der Waals surface area contributed by atoms with E-state index in [9.17, 15) is 4.79 Å². The van der Waals surface area contributed by atoms with Crippen LogP contribution in [-0.4, -0.2) is 12.1 Å². The number of carbonyl (C=O) groups is 1. The lowest BCUT2D eigenvalue weighted by atomic mass is 9.95. The summed E-state index contributed by atoms with van der Waals surface area (Å²) in [6.07, 6.45) is 4.17. The summed E-state index contributed by atoms with van der Waals surface area (Å²) in [6, 6.07) is 0. The largest absolute Gasteiger partial charge is 0.461 e. The summed E-state index contributed by atoms with van der Waals surface area (Å²) in [6.45, 7) is 3.85. The first-order valence-electron chi connectivity index (χ1n) is 3.58. The minimum Gasteiger partial charge on any atom is -0.461 e. The van der Waals surface area contributed by atoms with Crippen LogP contribution >= 0.6 is 0 Å². The van der Waals surface area contributed by atoms with Crippen molar-refractivity contribution in [2.75, 3.05) is 0 Å². The van der Waals surface area contributed by atoms with Gasteiger partial charge in [-0.05, 0) is 26.2 Å². The van der Waals surface area contributed by atoms with Crippen LogP contribution in [0.5, 0.6) is 0 Å². The van der Waals surface area contributed by atoms with Gasteiger partial charge in [-0.1, -0.05) is 6.92 Å². The monoisotopic (exact) mass is 140 g/mol. The van der Waals surface area contributed by atoms with Gasteiger partial charge in [0.1, 0.15) is 12.0 Å². The second-order valence-electron chi connectivity index (χ2n) is 2.56. The third-order valence-electron chi connectivity index (χ3n) is 1.77. The van der Waals surface area contributed by atoms with Crippen LogP contribution in [0.25, 0.3) is 0 Å². The lowest BCUT2D eigenvalue weighted by Crippen LogP contribution is -2.41. The molecule has 0 amide bonds. The number of esters is 1. The van der Waals surface area contributed by atoms with Gasteiger partial charge in [0.05, 0.1) is 0 Å². The Balaban J connectivity index is 2.14. The molecule has 0 N–H and O–H groups in total. The van der Waals surface area contributed by atoms with Gasteiger partial charge in [0.2, 0.25) is 0 Å². The van der Waals surface area contributed by atoms with Crippen molar-refractivity contribution in [3.8, 4) is 0 Å². The standard InChI is InChI=1S/C8H12O2/c1-3-4-5-7-6(2)8(9)10-7/h3,7H,4-5H2,1-2H3. The van der Waals surface area contributed by atoms with Crippen molar-refractivity contribution in [2.45, 2.75) is 32.8 Å². The Bertz CT molecular complexity index is 131. The van der Waals surface area contributed by atoms with Crippen LogP contribution in [0.4, 0.5) is 0 Å². The number of unbranched alkanes of at least 4 members (excludes halogenated alkanes) is 1. The van der Waals surface area contributed by atoms with E-state index in [0.29, 0.717) is 0 Å². The van der Waals surface area contributed by atoms with E-state index in [1.807, 2.05) is 13.8 Å². The summed E-state index contributed by atoms with van der Waals surface area (Å²) in [4.78, 5) is 10.5. The highest BCUT2D eigenvalue weighted by molar-refractivity contribution is 5.90. The van der Waals surface area contributed by atoms with Gasteiger partial charge >= 0.3 is 5.97 Å². The average Bonchev–Trinajstić information content (AvgIpc) is 1.97. The highest BCUT2D eigenvalue weighted by Gasteiger charge is 2.38. The van der Waals surface area contributed by atoms with E-state index in [-0.39, 0.29) is 12.1 Å². The zero-order chi connectivity index (χ0) is 7.56. The molecule has 1 atom stereocenters. The number of cyclic esters (lactones) is 1. The molecule has 1 rings (SSSR count). The molecule has 0 aliphatic carbocycles. The average molecular weight is 140 g/mol. The van der Waals surface area contributed by atoms with Crippen molar-refractivity contribution in [3.05, 3.63) is 12.3 Å². The predicted octanol–water partition coefficient (Wildman–Crippen LogP) is 1.51. The minimum atomic E-state index is -0.124. The van der Waals surface area contributed by atoms with E-state index in [0.717, 1.165) is 18.8 Å². The number of hydrogen-bond donors (Lipinski definition) is 0. The fourth-order valence-electron chi connectivity index (χ4n) is 0.977. The van der Waals surface area contributed by atoms with Crippen molar-refractivity contribution in [3.63, 3.8) is 0 Å². The number of hydrogen-bond acceptors (Lipinski definition) is 2. The van der Waals surface area contributed by atoms with Crippen molar-refractivity contribution in [1.82, 2.24) is 0 Å². The number of rotatable bonds is 3. The predicted molar refractivity (Wildman–Crippen MR) is 38.0 cm³/mol. The lowest BCUT2D eigenvalue weighted by Gasteiger charge is -2.31. The fourth-order valence-corrected chi connectivity index (χ4v) is 0.977. The molecule has 0 bridgehead atoms. The molecule has 0 saturated carbocycles. The molecular formula is C8H12O2. The van der Waals surface area contributed by atoms with Gasteiger partial charge in [-0.15, -0.1) is 0 Å². The van der Waals surface area contributed by atoms with Gasteiger partial charge in [0.25, 0.3) is 0 Å². The maximum absolute atomic E-state index is 10.5. The molecule has 1 heterocycles. The number of ether oxygens (including phenoxy) is 1. The summed E-state index contributed by atoms with van der Waals surface area (Å²) >= 11 is 0. The Hall–Kier alpha value is -0.530. The Morgan fingerprint density at radius 3 is 2.80 bits per heavy atom. The quantitative estimate of drug-likeness (QED) is 0.555. The number of carbonyl (C=O) groups excluding carboxylic acids is 1. The van der Waals surface area contributed by atoms with Crippen molar-refractivity contribution in [1.29, 1.82) is 0 Å². The van der Waals surface area contributed by atoms with E-state index in [1.165, 1.54) is 0 Å². The van der Waals surface area contributed by atoms with Gasteiger partial charge < -0.3 is 4.74 Å².